The van der Waals surface area contributed by atoms with Gasteiger partial charge in [-0.25, -0.2) is 4.39 Å². The highest BCUT2D eigenvalue weighted by Gasteiger charge is 2.15. The molecule has 0 saturated heterocycles. The van der Waals surface area contributed by atoms with E-state index in [0.29, 0.717) is 11.4 Å². The summed E-state index contributed by atoms with van der Waals surface area (Å²) in [5.74, 6) is -0.384. The summed E-state index contributed by atoms with van der Waals surface area (Å²) in [6.45, 7) is 2.84. The summed E-state index contributed by atoms with van der Waals surface area (Å²) in [4.78, 5) is 0. The number of likely N-dealkylation sites (N-methyl/N-ethyl adjacent to an activating group) is 1. The smallest absolute Gasteiger partial charge is 0.142 e. The van der Waals surface area contributed by atoms with E-state index in [-0.39, 0.29) is 16.9 Å². The third kappa shape index (κ3) is 3.72. The van der Waals surface area contributed by atoms with Crippen molar-refractivity contribution in [3.8, 4) is 0 Å². The quantitative estimate of drug-likeness (QED) is 0.817. The van der Waals surface area contributed by atoms with Gasteiger partial charge in [-0.1, -0.05) is 54.4 Å². The zero-order valence-corrected chi connectivity index (χ0v) is 12.7. The maximum absolute atomic E-state index is 13.5. The van der Waals surface area contributed by atoms with Crippen molar-refractivity contribution in [1.29, 1.82) is 0 Å². The summed E-state index contributed by atoms with van der Waals surface area (Å²) in [5, 5.41) is 4.26. The average molecular weight is 312 g/mol. The Morgan fingerprint density at radius 3 is 2.60 bits per heavy atom. The molecule has 1 atom stereocenters. The Bertz CT molecular complexity index is 586. The van der Waals surface area contributed by atoms with E-state index in [0.717, 1.165) is 17.7 Å². The Morgan fingerprint density at radius 1 is 1.15 bits per heavy atom. The van der Waals surface area contributed by atoms with Crippen LogP contribution in [0, 0.1) is 5.82 Å². The van der Waals surface area contributed by atoms with Gasteiger partial charge in [-0.05, 0) is 42.3 Å². The van der Waals surface area contributed by atoms with E-state index in [2.05, 4.69) is 5.32 Å². The maximum Gasteiger partial charge on any atom is 0.142 e. The van der Waals surface area contributed by atoms with Crippen LogP contribution in [0.25, 0.3) is 0 Å². The topological polar surface area (TPSA) is 12.0 Å². The van der Waals surface area contributed by atoms with Gasteiger partial charge in [0.05, 0.1) is 5.02 Å². The molecule has 0 spiro atoms. The van der Waals surface area contributed by atoms with Crippen LogP contribution >= 0.6 is 23.2 Å². The molecule has 2 aromatic carbocycles. The van der Waals surface area contributed by atoms with E-state index >= 15 is 0 Å². The third-order valence-corrected chi connectivity index (χ3v) is 3.82. The van der Waals surface area contributed by atoms with Crippen LogP contribution in [-0.2, 0) is 6.42 Å². The van der Waals surface area contributed by atoms with Crippen molar-refractivity contribution >= 4 is 23.2 Å². The van der Waals surface area contributed by atoms with Gasteiger partial charge in [0.15, 0.2) is 0 Å². The molecule has 0 aliphatic heterocycles. The van der Waals surface area contributed by atoms with E-state index in [4.69, 9.17) is 23.2 Å². The predicted octanol–water partition coefficient (Wildman–Crippen LogP) is 5.03. The first-order chi connectivity index (χ1) is 9.61. The monoisotopic (exact) mass is 311 g/mol. The highest BCUT2D eigenvalue weighted by Crippen LogP contribution is 2.26. The largest absolute Gasteiger partial charge is 0.310 e. The standard InChI is InChI=1S/C16H16Cl2FN/c1-2-20-15(11-5-3-7-13(17)9-11)10-12-6-4-8-14(19)16(12)18/h3-9,15,20H,2,10H2,1H3. The summed E-state index contributed by atoms with van der Waals surface area (Å²) < 4.78 is 13.5. The van der Waals surface area contributed by atoms with Gasteiger partial charge in [0.25, 0.3) is 0 Å². The van der Waals surface area contributed by atoms with E-state index < -0.39 is 0 Å². The normalized spacial score (nSPS) is 12.4. The summed E-state index contributed by atoms with van der Waals surface area (Å²) in [6.07, 6.45) is 0.616. The molecule has 4 heteroatoms. The molecule has 0 aliphatic rings. The van der Waals surface area contributed by atoms with E-state index in [9.17, 15) is 4.39 Å². The van der Waals surface area contributed by atoms with Crippen molar-refractivity contribution in [3.05, 3.63) is 69.5 Å². The molecule has 0 bridgehead atoms. The first-order valence-electron chi connectivity index (χ1n) is 6.53. The molecule has 0 heterocycles. The zero-order chi connectivity index (χ0) is 14.5. The molecule has 20 heavy (non-hydrogen) atoms. The second kappa shape index (κ2) is 7.07. The van der Waals surface area contributed by atoms with Gasteiger partial charge >= 0.3 is 0 Å². The van der Waals surface area contributed by atoms with Crippen LogP contribution in [0.2, 0.25) is 10.0 Å². The Morgan fingerprint density at radius 2 is 1.90 bits per heavy atom. The molecule has 0 aromatic heterocycles. The molecule has 0 saturated carbocycles. The zero-order valence-electron chi connectivity index (χ0n) is 11.2. The lowest BCUT2D eigenvalue weighted by molar-refractivity contribution is 0.547. The molecule has 0 aliphatic carbocycles. The van der Waals surface area contributed by atoms with Crippen molar-refractivity contribution in [3.63, 3.8) is 0 Å². The highest BCUT2D eigenvalue weighted by molar-refractivity contribution is 6.31. The molecule has 1 unspecified atom stereocenters. The number of halogens is 3. The number of hydrogen-bond donors (Lipinski definition) is 1. The molecule has 0 fully saturated rings. The summed E-state index contributed by atoms with van der Waals surface area (Å²) >= 11 is 12.1. The lowest BCUT2D eigenvalue weighted by Gasteiger charge is -2.19. The minimum atomic E-state index is -0.384. The number of rotatable bonds is 5. The van der Waals surface area contributed by atoms with Gasteiger partial charge in [-0.2, -0.15) is 0 Å². The third-order valence-electron chi connectivity index (χ3n) is 3.16. The second-order valence-corrected chi connectivity index (χ2v) is 5.40. The minimum Gasteiger partial charge on any atom is -0.310 e. The van der Waals surface area contributed by atoms with Crippen LogP contribution < -0.4 is 5.32 Å². The van der Waals surface area contributed by atoms with Gasteiger partial charge < -0.3 is 5.32 Å². The molecular weight excluding hydrogens is 296 g/mol. The van der Waals surface area contributed by atoms with Gasteiger partial charge in [-0.3, -0.25) is 0 Å². The van der Waals surface area contributed by atoms with Crippen LogP contribution in [0.15, 0.2) is 42.5 Å². The van der Waals surface area contributed by atoms with Crippen LogP contribution in [-0.4, -0.2) is 6.54 Å². The first-order valence-corrected chi connectivity index (χ1v) is 7.29. The molecule has 2 rings (SSSR count). The minimum absolute atomic E-state index is 0.0537. The SMILES string of the molecule is CCNC(Cc1cccc(F)c1Cl)c1cccc(Cl)c1. The lowest BCUT2D eigenvalue weighted by atomic mass is 9.98. The molecule has 0 radical (unpaired) electrons. The molecular formula is C16H16Cl2FN. The average Bonchev–Trinajstić information content (AvgIpc) is 2.43. The van der Waals surface area contributed by atoms with Crippen molar-refractivity contribution in [1.82, 2.24) is 5.32 Å². The van der Waals surface area contributed by atoms with Crippen molar-refractivity contribution in [2.45, 2.75) is 19.4 Å². The van der Waals surface area contributed by atoms with Crippen LogP contribution in [0.1, 0.15) is 24.1 Å². The van der Waals surface area contributed by atoms with Crippen molar-refractivity contribution < 1.29 is 4.39 Å². The molecule has 0 amide bonds. The summed E-state index contributed by atoms with van der Waals surface area (Å²) in [6, 6.07) is 12.6. The van der Waals surface area contributed by atoms with Gasteiger partial charge in [0.1, 0.15) is 5.82 Å². The fourth-order valence-electron chi connectivity index (χ4n) is 2.20. The van der Waals surface area contributed by atoms with Crippen molar-refractivity contribution in [2.75, 3.05) is 6.54 Å². The van der Waals surface area contributed by atoms with Gasteiger partial charge in [0.2, 0.25) is 0 Å². The van der Waals surface area contributed by atoms with Gasteiger partial charge in [0, 0.05) is 11.1 Å². The molecule has 1 N–H and O–H groups in total. The Labute approximate surface area is 128 Å². The first kappa shape index (κ1) is 15.3. The van der Waals surface area contributed by atoms with Crippen LogP contribution in [0.4, 0.5) is 4.39 Å². The van der Waals surface area contributed by atoms with Crippen LogP contribution in [0.3, 0.4) is 0 Å². The highest BCUT2D eigenvalue weighted by atomic mass is 35.5. The van der Waals surface area contributed by atoms with E-state index in [1.165, 1.54) is 6.07 Å². The van der Waals surface area contributed by atoms with Gasteiger partial charge in [-0.15, -0.1) is 0 Å². The summed E-state index contributed by atoms with van der Waals surface area (Å²) in [7, 11) is 0. The number of nitrogens with one attached hydrogen (secondary N) is 1. The molecule has 1 nitrogen and oxygen atoms in total. The Kier molecular flexibility index (Phi) is 5.41. The lowest BCUT2D eigenvalue weighted by Crippen LogP contribution is -2.23. The van der Waals surface area contributed by atoms with Crippen LogP contribution in [0.5, 0.6) is 0 Å². The second-order valence-electron chi connectivity index (χ2n) is 4.58. The Hall–Kier alpha value is -1.09. The molecule has 106 valence electrons. The maximum atomic E-state index is 13.5. The fraction of sp³-hybridized carbons (Fsp3) is 0.250. The fourth-order valence-corrected chi connectivity index (χ4v) is 2.61. The summed E-state index contributed by atoms with van der Waals surface area (Å²) in [5.41, 5.74) is 1.86. The van der Waals surface area contributed by atoms with Crippen molar-refractivity contribution in [2.24, 2.45) is 0 Å². The number of benzene rings is 2. The Balaban J connectivity index is 2.28. The predicted molar refractivity (Wildman–Crippen MR) is 83.0 cm³/mol. The molecule has 2 aromatic rings. The number of hydrogen-bond acceptors (Lipinski definition) is 1. The van der Waals surface area contributed by atoms with E-state index in [1.54, 1.807) is 6.07 Å². The van der Waals surface area contributed by atoms with E-state index in [1.807, 2.05) is 37.3 Å².